The molecule has 0 saturated carbocycles. The summed E-state index contributed by atoms with van der Waals surface area (Å²) >= 11 is 0. The molecule has 1 N–H and O–H groups in total. The summed E-state index contributed by atoms with van der Waals surface area (Å²) < 4.78 is 5.69. The number of urea groups is 1. The van der Waals surface area contributed by atoms with E-state index in [0.717, 1.165) is 23.3 Å². The number of hydrogen-bond acceptors (Lipinski definition) is 3. The number of ether oxygens (including phenoxy) is 1. The van der Waals surface area contributed by atoms with E-state index in [0.29, 0.717) is 6.54 Å². The Kier molecular flexibility index (Phi) is 6.81. The Balaban J connectivity index is 1.97. The Morgan fingerprint density at radius 3 is 2.60 bits per heavy atom. The maximum Gasteiger partial charge on any atom is 0.317 e. The predicted molar refractivity (Wildman–Crippen MR) is 99.5 cm³/mol. The van der Waals surface area contributed by atoms with Crippen LogP contribution < -0.4 is 10.1 Å². The molecule has 0 aliphatic rings. The minimum absolute atomic E-state index is 0.0265. The monoisotopic (exact) mass is 341 g/mol. The number of carbonyl (C=O) groups excluding carboxylic acids is 1. The lowest BCUT2D eigenvalue weighted by Gasteiger charge is -2.28. The lowest BCUT2D eigenvalue weighted by molar-refractivity contribution is 0.188. The van der Waals surface area contributed by atoms with Crippen LogP contribution >= 0.6 is 0 Å². The first-order valence-electron chi connectivity index (χ1n) is 8.67. The molecule has 0 fully saturated rings. The van der Waals surface area contributed by atoms with Gasteiger partial charge in [-0.1, -0.05) is 19.1 Å². The normalized spacial score (nSPS) is 11.9. The molecule has 0 saturated heterocycles. The van der Waals surface area contributed by atoms with Crippen LogP contribution in [0.15, 0.2) is 48.8 Å². The first-order chi connectivity index (χ1) is 12.0. The van der Waals surface area contributed by atoms with E-state index in [2.05, 4.69) is 17.2 Å². The summed E-state index contributed by atoms with van der Waals surface area (Å²) in [6.45, 7) is 6.52. The molecular formula is C20H27N3O2. The van der Waals surface area contributed by atoms with Gasteiger partial charge >= 0.3 is 6.03 Å². The Labute approximate surface area is 150 Å². The van der Waals surface area contributed by atoms with Gasteiger partial charge in [0.15, 0.2) is 0 Å². The van der Waals surface area contributed by atoms with Crippen LogP contribution in [0.3, 0.4) is 0 Å². The summed E-state index contributed by atoms with van der Waals surface area (Å²) in [5, 5.41) is 2.98. The van der Waals surface area contributed by atoms with Crippen LogP contribution in [0.5, 0.6) is 5.75 Å². The largest absolute Gasteiger partial charge is 0.491 e. The van der Waals surface area contributed by atoms with E-state index >= 15 is 0 Å². The lowest BCUT2D eigenvalue weighted by atomic mass is 10.1. The van der Waals surface area contributed by atoms with Gasteiger partial charge in [-0.2, -0.15) is 0 Å². The van der Waals surface area contributed by atoms with Crippen LogP contribution in [0.4, 0.5) is 4.79 Å². The average Bonchev–Trinajstić information content (AvgIpc) is 2.61. The Bertz CT molecular complexity index is 674. The zero-order chi connectivity index (χ0) is 18.2. The molecule has 1 aromatic carbocycles. The van der Waals surface area contributed by atoms with Gasteiger partial charge in [-0.15, -0.1) is 0 Å². The molecule has 134 valence electrons. The number of aromatic nitrogens is 1. The summed E-state index contributed by atoms with van der Waals surface area (Å²) in [6, 6.07) is 11.6. The quantitative estimate of drug-likeness (QED) is 0.822. The summed E-state index contributed by atoms with van der Waals surface area (Å²) in [7, 11) is 1.82. The number of pyridine rings is 1. The number of benzene rings is 1. The molecule has 0 radical (unpaired) electrons. The fraction of sp³-hybridized carbons (Fsp3) is 0.400. The second-order valence-corrected chi connectivity index (χ2v) is 6.29. The number of rotatable bonds is 7. The molecule has 1 heterocycles. The number of nitrogens with zero attached hydrogens (tertiary/aromatic N) is 2. The van der Waals surface area contributed by atoms with Gasteiger partial charge in [0.25, 0.3) is 0 Å². The molecule has 0 aliphatic carbocycles. The third kappa shape index (κ3) is 5.48. The van der Waals surface area contributed by atoms with Crippen molar-refractivity contribution < 1.29 is 9.53 Å². The topological polar surface area (TPSA) is 54.5 Å². The molecule has 1 aromatic heterocycles. The van der Waals surface area contributed by atoms with E-state index in [1.165, 1.54) is 0 Å². The number of amides is 2. The van der Waals surface area contributed by atoms with Crippen LogP contribution in [0.2, 0.25) is 0 Å². The van der Waals surface area contributed by atoms with E-state index in [1.54, 1.807) is 17.3 Å². The van der Waals surface area contributed by atoms with Gasteiger partial charge in [0.1, 0.15) is 5.75 Å². The Morgan fingerprint density at radius 2 is 1.96 bits per heavy atom. The molecule has 2 amide bonds. The SMILES string of the molecule is CC[C@@H](c1ccncc1)N(C)C(=O)NCc1cccc(OC(C)C)c1. The molecular weight excluding hydrogens is 314 g/mol. The molecule has 5 heteroatoms. The average molecular weight is 341 g/mol. The van der Waals surface area contributed by atoms with Gasteiger partial charge in [0.2, 0.25) is 0 Å². The zero-order valence-corrected chi connectivity index (χ0v) is 15.4. The van der Waals surface area contributed by atoms with E-state index in [-0.39, 0.29) is 18.2 Å². The maximum absolute atomic E-state index is 12.5. The van der Waals surface area contributed by atoms with Gasteiger partial charge < -0.3 is 15.0 Å². The second kappa shape index (κ2) is 9.06. The van der Waals surface area contributed by atoms with Crippen LogP contribution in [-0.2, 0) is 6.54 Å². The van der Waals surface area contributed by atoms with Crippen LogP contribution in [0.25, 0.3) is 0 Å². The predicted octanol–water partition coefficient (Wildman–Crippen LogP) is 4.16. The van der Waals surface area contributed by atoms with Crippen LogP contribution in [-0.4, -0.2) is 29.1 Å². The van der Waals surface area contributed by atoms with Gasteiger partial charge in [0.05, 0.1) is 12.1 Å². The minimum Gasteiger partial charge on any atom is -0.491 e. The molecule has 5 nitrogen and oxygen atoms in total. The van der Waals surface area contributed by atoms with Crippen LogP contribution in [0.1, 0.15) is 44.4 Å². The minimum atomic E-state index is -0.0983. The summed E-state index contributed by atoms with van der Waals surface area (Å²) in [5.74, 6) is 0.818. The highest BCUT2D eigenvalue weighted by Gasteiger charge is 2.19. The molecule has 2 rings (SSSR count). The summed E-state index contributed by atoms with van der Waals surface area (Å²) in [6.07, 6.45) is 4.47. The first kappa shape index (κ1) is 18.8. The van der Waals surface area contributed by atoms with Crippen molar-refractivity contribution in [2.24, 2.45) is 0 Å². The van der Waals surface area contributed by atoms with E-state index in [1.807, 2.05) is 57.3 Å². The molecule has 0 bridgehead atoms. The third-order valence-corrected chi connectivity index (χ3v) is 3.98. The van der Waals surface area contributed by atoms with Crippen molar-refractivity contribution in [3.05, 3.63) is 59.9 Å². The fourth-order valence-corrected chi connectivity index (χ4v) is 2.76. The van der Waals surface area contributed by atoms with Crippen molar-refractivity contribution in [1.82, 2.24) is 15.2 Å². The smallest absolute Gasteiger partial charge is 0.317 e. The first-order valence-corrected chi connectivity index (χ1v) is 8.67. The van der Waals surface area contributed by atoms with E-state index in [9.17, 15) is 4.79 Å². The molecule has 0 unspecified atom stereocenters. The van der Waals surface area contributed by atoms with E-state index in [4.69, 9.17) is 4.74 Å². The van der Waals surface area contributed by atoms with Gasteiger partial charge in [-0.25, -0.2) is 4.79 Å². The molecule has 2 aromatic rings. The molecule has 0 aliphatic heterocycles. The molecule has 1 atom stereocenters. The van der Waals surface area contributed by atoms with Crippen LogP contribution in [0, 0.1) is 0 Å². The van der Waals surface area contributed by atoms with E-state index < -0.39 is 0 Å². The lowest BCUT2D eigenvalue weighted by Crippen LogP contribution is -2.39. The van der Waals surface area contributed by atoms with Crippen molar-refractivity contribution in [1.29, 1.82) is 0 Å². The third-order valence-electron chi connectivity index (χ3n) is 3.98. The van der Waals surface area contributed by atoms with Gasteiger partial charge in [-0.05, 0) is 55.7 Å². The highest BCUT2D eigenvalue weighted by molar-refractivity contribution is 5.74. The highest BCUT2D eigenvalue weighted by Crippen LogP contribution is 2.22. The molecule has 25 heavy (non-hydrogen) atoms. The second-order valence-electron chi connectivity index (χ2n) is 6.29. The van der Waals surface area contributed by atoms with Crippen molar-refractivity contribution in [2.45, 2.75) is 45.9 Å². The number of nitrogens with one attached hydrogen (secondary N) is 1. The summed E-state index contributed by atoms with van der Waals surface area (Å²) in [4.78, 5) is 18.3. The van der Waals surface area contributed by atoms with Crippen molar-refractivity contribution in [3.8, 4) is 5.75 Å². The highest BCUT2D eigenvalue weighted by atomic mass is 16.5. The Hall–Kier alpha value is -2.56. The fourth-order valence-electron chi connectivity index (χ4n) is 2.76. The standard InChI is InChI=1S/C20H27N3O2/c1-5-19(17-9-11-21-12-10-17)23(4)20(24)22-14-16-7-6-8-18(13-16)25-15(2)3/h6-13,15,19H,5,14H2,1-4H3,(H,22,24)/t19-/m0/s1. The van der Waals surface area contributed by atoms with Crippen molar-refractivity contribution in [3.63, 3.8) is 0 Å². The van der Waals surface area contributed by atoms with Crippen molar-refractivity contribution >= 4 is 6.03 Å². The number of hydrogen-bond donors (Lipinski definition) is 1. The number of carbonyl (C=O) groups is 1. The molecule has 0 spiro atoms. The van der Waals surface area contributed by atoms with Crippen molar-refractivity contribution in [2.75, 3.05) is 7.05 Å². The van der Waals surface area contributed by atoms with Gasteiger partial charge in [-0.3, -0.25) is 4.98 Å². The Morgan fingerprint density at radius 1 is 1.24 bits per heavy atom. The summed E-state index contributed by atoms with van der Waals surface area (Å²) in [5.41, 5.74) is 2.10. The maximum atomic E-state index is 12.5. The zero-order valence-electron chi connectivity index (χ0n) is 15.4. The van der Waals surface area contributed by atoms with Gasteiger partial charge in [0, 0.05) is 26.0 Å².